The number of para-hydroxylation sites is 1. The number of anilines is 1. The minimum absolute atomic E-state index is 0.182. The summed E-state index contributed by atoms with van der Waals surface area (Å²) in [5.74, 6) is 0.626. The number of carbonyl (C=O) groups excluding carboxylic acids is 2. The van der Waals surface area contributed by atoms with Gasteiger partial charge in [0.05, 0.1) is 11.9 Å². The zero-order valence-corrected chi connectivity index (χ0v) is 19.3. The number of ether oxygens (including phenoxy) is 1. The van der Waals surface area contributed by atoms with Crippen LogP contribution in [0.15, 0.2) is 60.0 Å². The van der Waals surface area contributed by atoms with Gasteiger partial charge < -0.3 is 19.9 Å². The van der Waals surface area contributed by atoms with Gasteiger partial charge in [-0.3, -0.25) is 9.59 Å². The summed E-state index contributed by atoms with van der Waals surface area (Å²) >= 11 is 1.30. The molecule has 2 aromatic carbocycles. The van der Waals surface area contributed by atoms with Gasteiger partial charge in [-0.1, -0.05) is 36.0 Å². The summed E-state index contributed by atoms with van der Waals surface area (Å²) in [5.41, 5.74) is 1.99. The Bertz CT molecular complexity index is 1110. The minimum Gasteiger partial charge on any atom is -0.490 e. The van der Waals surface area contributed by atoms with Crippen LogP contribution in [-0.2, 0) is 18.4 Å². The van der Waals surface area contributed by atoms with Crippen molar-refractivity contribution in [3.05, 3.63) is 66.0 Å². The lowest BCUT2D eigenvalue weighted by molar-refractivity contribution is -0.113. The quantitative estimate of drug-likeness (QED) is 0.467. The lowest BCUT2D eigenvalue weighted by atomic mass is 10.1. The first kappa shape index (κ1) is 22.8. The fourth-order valence-corrected chi connectivity index (χ4v) is 4.38. The molecule has 1 fully saturated rings. The van der Waals surface area contributed by atoms with E-state index in [0.29, 0.717) is 23.0 Å². The zero-order valence-electron chi connectivity index (χ0n) is 18.5. The standard InChI is InChI=1S/C24H27N5O3S/c1-29-16-26-28-24(29)33-15-22(30)27-19-9-6-8-17(13-19)23(31)25-14-18-7-2-5-12-21(18)32-20-10-3-4-11-20/h2,5-9,12-13,16,20H,3-4,10-11,14-15H2,1H3,(H,25,31)(H,27,30). The van der Waals surface area contributed by atoms with Crippen LogP contribution in [0.2, 0.25) is 0 Å². The molecule has 172 valence electrons. The lowest BCUT2D eigenvalue weighted by Crippen LogP contribution is -2.24. The monoisotopic (exact) mass is 465 g/mol. The maximum Gasteiger partial charge on any atom is 0.251 e. The molecule has 8 nitrogen and oxygen atoms in total. The largest absolute Gasteiger partial charge is 0.490 e. The number of nitrogens with one attached hydrogen (secondary N) is 2. The molecule has 1 aromatic heterocycles. The summed E-state index contributed by atoms with van der Waals surface area (Å²) < 4.78 is 7.90. The first-order valence-corrected chi connectivity index (χ1v) is 12.0. The maximum atomic E-state index is 12.7. The van der Waals surface area contributed by atoms with Crippen LogP contribution in [0.3, 0.4) is 0 Å². The molecule has 3 aromatic rings. The predicted octanol–water partition coefficient (Wildman–Crippen LogP) is 3.80. The van der Waals surface area contributed by atoms with Crippen molar-refractivity contribution in [2.45, 2.75) is 43.5 Å². The number of benzene rings is 2. The van der Waals surface area contributed by atoms with Crippen LogP contribution in [0, 0.1) is 0 Å². The van der Waals surface area contributed by atoms with Gasteiger partial charge in [-0.2, -0.15) is 0 Å². The number of amides is 2. The van der Waals surface area contributed by atoms with Crippen LogP contribution in [0.5, 0.6) is 5.75 Å². The van der Waals surface area contributed by atoms with Crippen molar-refractivity contribution in [1.29, 1.82) is 0 Å². The molecule has 1 aliphatic carbocycles. The second-order valence-electron chi connectivity index (χ2n) is 7.96. The van der Waals surface area contributed by atoms with E-state index in [9.17, 15) is 9.59 Å². The molecule has 1 saturated carbocycles. The number of carbonyl (C=O) groups is 2. The van der Waals surface area contributed by atoms with E-state index in [-0.39, 0.29) is 23.7 Å². The Morgan fingerprint density at radius 2 is 1.97 bits per heavy atom. The summed E-state index contributed by atoms with van der Waals surface area (Å²) in [4.78, 5) is 25.0. The highest BCUT2D eigenvalue weighted by atomic mass is 32.2. The number of rotatable bonds is 9. The maximum absolute atomic E-state index is 12.7. The van der Waals surface area contributed by atoms with E-state index in [4.69, 9.17) is 4.74 Å². The van der Waals surface area contributed by atoms with Gasteiger partial charge in [-0.05, 0) is 49.9 Å². The number of nitrogens with zero attached hydrogens (tertiary/aromatic N) is 3. The van der Waals surface area contributed by atoms with Crippen LogP contribution < -0.4 is 15.4 Å². The highest BCUT2D eigenvalue weighted by Gasteiger charge is 2.18. The van der Waals surface area contributed by atoms with Crippen LogP contribution >= 0.6 is 11.8 Å². The van der Waals surface area contributed by atoms with Crippen molar-refractivity contribution in [2.24, 2.45) is 7.05 Å². The SMILES string of the molecule is Cn1cnnc1SCC(=O)Nc1cccc(C(=O)NCc2ccccc2OC2CCCC2)c1. The summed E-state index contributed by atoms with van der Waals surface area (Å²) in [6.07, 6.45) is 6.41. The Morgan fingerprint density at radius 1 is 1.15 bits per heavy atom. The Morgan fingerprint density at radius 3 is 2.76 bits per heavy atom. The average molecular weight is 466 g/mol. The predicted molar refractivity (Wildman–Crippen MR) is 127 cm³/mol. The van der Waals surface area contributed by atoms with Crippen molar-refractivity contribution < 1.29 is 14.3 Å². The molecule has 2 amide bonds. The van der Waals surface area contributed by atoms with Crippen molar-refractivity contribution in [1.82, 2.24) is 20.1 Å². The molecule has 33 heavy (non-hydrogen) atoms. The van der Waals surface area contributed by atoms with Crippen LogP contribution in [0.1, 0.15) is 41.6 Å². The van der Waals surface area contributed by atoms with E-state index in [0.717, 1.165) is 24.2 Å². The number of hydrogen-bond donors (Lipinski definition) is 2. The van der Waals surface area contributed by atoms with Gasteiger partial charge in [-0.25, -0.2) is 0 Å². The van der Waals surface area contributed by atoms with Crippen molar-refractivity contribution in [3.63, 3.8) is 0 Å². The molecular formula is C24H27N5O3S. The van der Waals surface area contributed by atoms with Gasteiger partial charge in [0.15, 0.2) is 5.16 Å². The van der Waals surface area contributed by atoms with E-state index in [1.54, 1.807) is 35.2 Å². The molecular weight excluding hydrogens is 438 g/mol. The highest BCUT2D eigenvalue weighted by molar-refractivity contribution is 7.99. The lowest BCUT2D eigenvalue weighted by Gasteiger charge is -2.17. The number of aromatic nitrogens is 3. The van der Waals surface area contributed by atoms with E-state index in [1.165, 1.54) is 24.6 Å². The molecule has 0 saturated heterocycles. The molecule has 0 radical (unpaired) electrons. The van der Waals surface area contributed by atoms with E-state index in [1.807, 2.05) is 31.3 Å². The molecule has 0 atom stereocenters. The number of aryl methyl sites for hydroxylation is 1. The summed E-state index contributed by atoms with van der Waals surface area (Å²) in [7, 11) is 1.82. The molecule has 4 rings (SSSR count). The second kappa shape index (κ2) is 11.0. The molecule has 0 unspecified atom stereocenters. The highest BCUT2D eigenvalue weighted by Crippen LogP contribution is 2.26. The van der Waals surface area contributed by atoms with E-state index >= 15 is 0 Å². The van der Waals surface area contributed by atoms with Gasteiger partial charge in [0, 0.05) is 30.4 Å². The smallest absolute Gasteiger partial charge is 0.251 e. The third-order valence-electron chi connectivity index (χ3n) is 5.42. The zero-order chi connectivity index (χ0) is 23.0. The molecule has 9 heteroatoms. The molecule has 2 N–H and O–H groups in total. The van der Waals surface area contributed by atoms with Crippen molar-refractivity contribution in [2.75, 3.05) is 11.1 Å². The van der Waals surface area contributed by atoms with Gasteiger partial charge in [0.1, 0.15) is 12.1 Å². The Kier molecular flexibility index (Phi) is 7.62. The fourth-order valence-electron chi connectivity index (χ4n) is 3.70. The third-order valence-corrected chi connectivity index (χ3v) is 6.45. The van der Waals surface area contributed by atoms with Crippen LogP contribution in [0.4, 0.5) is 5.69 Å². The summed E-state index contributed by atoms with van der Waals surface area (Å²) in [5, 5.41) is 14.2. The molecule has 0 spiro atoms. The van der Waals surface area contributed by atoms with E-state index < -0.39 is 0 Å². The van der Waals surface area contributed by atoms with Crippen molar-refractivity contribution >= 4 is 29.3 Å². The number of thioether (sulfide) groups is 1. The molecule has 1 aliphatic rings. The molecule has 1 heterocycles. The topological polar surface area (TPSA) is 98.1 Å². The Balaban J connectivity index is 1.31. The van der Waals surface area contributed by atoms with Crippen molar-refractivity contribution in [3.8, 4) is 5.75 Å². The van der Waals surface area contributed by atoms with Gasteiger partial charge in [0.25, 0.3) is 5.91 Å². The first-order valence-electron chi connectivity index (χ1n) is 11.0. The van der Waals surface area contributed by atoms with E-state index in [2.05, 4.69) is 20.8 Å². The summed E-state index contributed by atoms with van der Waals surface area (Å²) in [6.45, 7) is 0.368. The molecule has 0 aliphatic heterocycles. The van der Waals surface area contributed by atoms with Crippen LogP contribution in [0.25, 0.3) is 0 Å². The van der Waals surface area contributed by atoms with Crippen LogP contribution in [-0.4, -0.2) is 38.4 Å². The number of hydrogen-bond acceptors (Lipinski definition) is 6. The fraction of sp³-hybridized carbons (Fsp3) is 0.333. The van der Waals surface area contributed by atoms with Gasteiger partial charge in [-0.15, -0.1) is 10.2 Å². The van der Waals surface area contributed by atoms with Gasteiger partial charge >= 0.3 is 0 Å². The average Bonchev–Trinajstić information content (AvgIpc) is 3.48. The first-order chi connectivity index (χ1) is 16.1. The summed E-state index contributed by atoms with van der Waals surface area (Å²) in [6, 6.07) is 14.7. The third kappa shape index (κ3) is 6.35. The second-order valence-corrected chi connectivity index (χ2v) is 8.90. The molecule has 0 bridgehead atoms. The normalized spacial score (nSPS) is 13.6. The van der Waals surface area contributed by atoms with Gasteiger partial charge in [0.2, 0.25) is 5.91 Å². The Hall–Kier alpha value is -3.33. The Labute approximate surface area is 197 Å². The minimum atomic E-state index is -0.213.